The lowest BCUT2D eigenvalue weighted by atomic mass is 9.91. The van der Waals surface area contributed by atoms with Gasteiger partial charge in [0.25, 0.3) is 0 Å². The van der Waals surface area contributed by atoms with E-state index >= 15 is 0 Å². The predicted molar refractivity (Wildman–Crippen MR) is 41.0 cm³/mol. The Morgan fingerprint density at radius 2 is 1.64 bits per heavy atom. The van der Waals surface area contributed by atoms with Gasteiger partial charge in [0, 0.05) is 5.41 Å². The van der Waals surface area contributed by atoms with E-state index < -0.39 is 26.5 Å². The molecule has 0 atom stereocenters. The zero-order chi connectivity index (χ0) is 9.23. The van der Waals surface area contributed by atoms with Crippen LogP contribution in [0.4, 0.5) is 0 Å². The van der Waals surface area contributed by atoms with Crippen molar-refractivity contribution >= 4 is 21.1 Å². The van der Waals surface area contributed by atoms with E-state index in [2.05, 4.69) is 0 Å². The van der Waals surface area contributed by atoms with Gasteiger partial charge in [-0.15, -0.1) is 0 Å². The number of hydrogen-bond acceptors (Lipinski definition) is 3. The highest BCUT2D eigenvalue weighted by molar-refractivity contribution is 7.74. The van der Waals surface area contributed by atoms with Crippen LogP contribution in [-0.4, -0.2) is 24.4 Å². The fourth-order valence-electron chi connectivity index (χ4n) is 0.396. The van der Waals surface area contributed by atoms with Crippen molar-refractivity contribution in [1.29, 1.82) is 0 Å². The highest BCUT2D eigenvalue weighted by atomic mass is 32.2. The lowest BCUT2D eigenvalue weighted by Crippen LogP contribution is -2.28. The van der Waals surface area contributed by atoms with Crippen molar-refractivity contribution in [3.05, 3.63) is 0 Å². The van der Waals surface area contributed by atoms with Crippen LogP contribution in [0.25, 0.3) is 0 Å². The van der Waals surface area contributed by atoms with Crippen molar-refractivity contribution in [3.8, 4) is 0 Å². The SMILES string of the molecule is CC(C)(C)C(=O)C(O)=S(=O)=O. The maximum absolute atomic E-state index is 10.9. The summed E-state index contributed by atoms with van der Waals surface area (Å²) in [6, 6.07) is 0. The lowest BCUT2D eigenvalue weighted by Gasteiger charge is -2.13. The standard InChI is InChI=1S/C6H10O4S/c1-6(2,3)4(7)5(8)11(9)10/h8H,1-3H3. The van der Waals surface area contributed by atoms with E-state index in [1.165, 1.54) is 20.8 Å². The van der Waals surface area contributed by atoms with Crippen LogP contribution in [0.2, 0.25) is 0 Å². The largest absolute Gasteiger partial charge is 0.345 e. The number of aliphatic hydroxyl groups excluding tert-OH is 1. The molecule has 4 nitrogen and oxygen atoms in total. The number of aliphatic hydroxyl groups is 1. The predicted octanol–water partition coefficient (Wildman–Crippen LogP) is 0.169. The molecule has 0 aromatic rings. The molecule has 0 aromatic heterocycles. The Morgan fingerprint density at radius 3 is 1.73 bits per heavy atom. The van der Waals surface area contributed by atoms with Crippen LogP contribution < -0.4 is 0 Å². The molecule has 0 radical (unpaired) electrons. The fraction of sp³-hybridized carbons (Fsp3) is 0.667. The smallest absolute Gasteiger partial charge is 0.248 e. The van der Waals surface area contributed by atoms with Crippen molar-refractivity contribution in [2.24, 2.45) is 5.41 Å². The molecular formula is C6H10O4S. The Balaban J connectivity index is 4.98. The van der Waals surface area contributed by atoms with E-state index in [1.807, 2.05) is 0 Å². The van der Waals surface area contributed by atoms with Crippen LogP contribution in [-0.2, 0) is 15.1 Å². The number of carbonyl (C=O) groups excluding carboxylic acids is 1. The molecule has 0 rings (SSSR count). The Kier molecular flexibility index (Phi) is 2.95. The number of hydrogen-bond donors (Lipinski definition) is 1. The Bertz CT molecular complexity index is 283. The van der Waals surface area contributed by atoms with Gasteiger partial charge in [-0.2, -0.15) is 8.42 Å². The summed E-state index contributed by atoms with van der Waals surface area (Å²) in [6.07, 6.45) is 0. The molecule has 1 N–H and O–H groups in total. The van der Waals surface area contributed by atoms with Gasteiger partial charge < -0.3 is 5.11 Å². The van der Waals surface area contributed by atoms with E-state index in [-0.39, 0.29) is 0 Å². The van der Waals surface area contributed by atoms with Gasteiger partial charge in [0.05, 0.1) is 0 Å². The molecule has 0 aromatic carbocycles. The fourth-order valence-corrected chi connectivity index (χ4v) is 0.854. The highest BCUT2D eigenvalue weighted by Gasteiger charge is 2.26. The molecule has 0 fully saturated rings. The topological polar surface area (TPSA) is 71.4 Å². The first-order valence-corrected chi connectivity index (χ1v) is 4.04. The van der Waals surface area contributed by atoms with Crippen LogP contribution in [0.3, 0.4) is 0 Å². The molecule has 0 aliphatic carbocycles. The summed E-state index contributed by atoms with van der Waals surface area (Å²) in [5.41, 5.74) is -0.857. The minimum Gasteiger partial charge on any atom is -0.345 e. The lowest BCUT2D eigenvalue weighted by molar-refractivity contribution is -0.120. The van der Waals surface area contributed by atoms with E-state index in [0.29, 0.717) is 0 Å². The van der Waals surface area contributed by atoms with Gasteiger partial charge in [0.15, 0.2) is 0 Å². The highest BCUT2D eigenvalue weighted by Crippen LogP contribution is 2.14. The van der Waals surface area contributed by atoms with E-state index in [1.54, 1.807) is 0 Å². The molecule has 0 saturated carbocycles. The molecule has 64 valence electrons. The Hall–Kier alpha value is -0.680. The van der Waals surface area contributed by atoms with E-state index in [0.717, 1.165) is 0 Å². The molecule has 0 heterocycles. The van der Waals surface area contributed by atoms with Crippen molar-refractivity contribution < 1.29 is 18.3 Å². The van der Waals surface area contributed by atoms with Gasteiger partial charge >= 0.3 is 0 Å². The van der Waals surface area contributed by atoms with Crippen molar-refractivity contribution in [2.45, 2.75) is 20.8 Å². The third-order valence-electron chi connectivity index (χ3n) is 1.03. The second-order valence-corrected chi connectivity index (χ2v) is 3.98. The first kappa shape index (κ1) is 10.3. The van der Waals surface area contributed by atoms with Gasteiger partial charge in [-0.1, -0.05) is 20.8 Å². The van der Waals surface area contributed by atoms with E-state index in [9.17, 15) is 13.2 Å². The van der Waals surface area contributed by atoms with Crippen molar-refractivity contribution in [2.75, 3.05) is 0 Å². The normalized spacial score (nSPS) is 10.9. The summed E-state index contributed by atoms with van der Waals surface area (Å²) in [5, 5.41) is 7.59. The van der Waals surface area contributed by atoms with Crippen LogP contribution in [0.15, 0.2) is 0 Å². The van der Waals surface area contributed by atoms with Gasteiger partial charge in [-0.25, -0.2) is 0 Å². The summed E-state index contributed by atoms with van der Waals surface area (Å²) >= 11 is 0. The summed E-state index contributed by atoms with van der Waals surface area (Å²) in [4.78, 5) is 10.9. The summed E-state index contributed by atoms with van der Waals surface area (Å²) in [7, 11) is -2.81. The second-order valence-electron chi connectivity index (χ2n) is 3.12. The molecular weight excluding hydrogens is 168 g/mol. The van der Waals surface area contributed by atoms with Crippen LogP contribution in [0.1, 0.15) is 20.8 Å². The molecule has 11 heavy (non-hydrogen) atoms. The molecule has 0 aliphatic heterocycles. The quantitative estimate of drug-likeness (QED) is 0.581. The second kappa shape index (κ2) is 3.15. The summed E-state index contributed by atoms with van der Waals surface area (Å²) < 4.78 is 20.2. The van der Waals surface area contributed by atoms with Gasteiger partial charge in [0.2, 0.25) is 21.1 Å². The average molecular weight is 178 g/mol. The van der Waals surface area contributed by atoms with Crippen LogP contribution in [0.5, 0.6) is 0 Å². The molecule has 0 saturated heterocycles. The monoisotopic (exact) mass is 178 g/mol. The molecule has 5 heteroatoms. The zero-order valence-electron chi connectivity index (χ0n) is 6.58. The first-order valence-electron chi connectivity index (χ1n) is 2.97. The number of rotatable bonds is 1. The van der Waals surface area contributed by atoms with Crippen LogP contribution >= 0.6 is 0 Å². The van der Waals surface area contributed by atoms with Gasteiger partial charge in [0.1, 0.15) is 0 Å². The average Bonchev–Trinajstić information content (AvgIpc) is 1.82. The maximum atomic E-state index is 10.9. The summed E-state index contributed by atoms with van der Waals surface area (Å²) in [6.45, 7) is 4.58. The molecule has 0 aliphatic rings. The maximum Gasteiger partial charge on any atom is 0.248 e. The first-order chi connectivity index (χ1) is 4.76. The number of carbonyl (C=O) groups is 1. The third-order valence-corrected chi connectivity index (χ3v) is 1.53. The van der Waals surface area contributed by atoms with Crippen molar-refractivity contribution in [1.82, 2.24) is 0 Å². The minimum absolute atomic E-state index is 0.772. The number of Topliss-reactive ketones (excluding diaryl/α,β-unsaturated/α-hetero) is 1. The molecule has 0 unspecified atom stereocenters. The zero-order valence-corrected chi connectivity index (χ0v) is 7.40. The Morgan fingerprint density at radius 1 is 1.27 bits per heavy atom. The number of ketones is 1. The van der Waals surface area contributed by atoms with Gasteiger partial charge in [-0.3, -0.25) is 4.79 Å². The molecule has 0 spiro atoms. The van der Waals surface area contributed by atoms with Crippen molar-refractivity contribution in [3.63, 3.8) is 0 Å². The molecule has 0 bridgehead atoms. The molecule has 0 amide bonds. The summed E-state index contributed by atoms with van der Waals surface area (Å²) in [5.74, 6) is -0.772. The van der Waals surface area contributed by atoms with Gasteiger partial charge in [-0.05, 0) is 0 Å². The third kappa shape index (κ3) is 2.81. The van der Waals surface area contributed by atoms with Crippen LogP contribution in [0, 0.1) is 5.41 Å². The van der Waals surface area contributed by atoms with E-state index in [4.69, 9.17) is 5.11 Å². The Labute approximate surface area is 66.4 Å². The minimum atomic E-state index is -2.81.